The quantitative estimate of drug-likeness (QED) is 0.0222. The molecule has 0 aromatic heterocycles. The van der Waals surface area contributed by atoms with E-state index in [9.17, 15) is 43.2 Å². The van der Waals surface area contributed by atoms with E-state index in [0.717, 1.165) is 115 Å². The van der Waals surface area contributed by atoms with Gasteiger partial charge in [0.05, 0.1) is 26.4 Å². The summed E-state index contributed by atoms with van der Waals surface area (Å²) >= 11 is 0. The highest BCUT2D eigenvalue weighted by molar-refractivity contribution is 7.47. The van der Waals surface area contributed by atoms with Crippen molar-refractivity contribution in [1.82, 2.24) is 0 Å². The van der Waals surface area contributed by atoms with Crippen LogP contribution in [0.5, 0.6) is 0 Å². The Hall–Kier alpha value is -1.94. The Morgan fingerprint density at radius 1 is 0.284 bits per heavy atom. The molecule has 0 aromatic carbocycles. The van der Waals surface area contributed by atoms with E-state index < -0.39 is 97.5 Å². The molecule has 522 valence electrons. The number of ether oxygens (including phenoxy) is 4. The number of phosphoric ester groups is 2. The number of aliphatic hydroxyl groups excluding tert-OH is 1. The first-order valence-corrected chi connectivity index (χ1v) is 38.7. The van der Waals surface area contributed by atoms with Gasteiger partial charge >= 0.3 is 39.5 Å². The fourth-order valence-corrected chi connectivity index (χ4v) is 11.9. The third-order valence-electron chi connectivity index (χ3n) is 15.8. The predicted molar refractivity (Wildman–Crippen MR) is 354 cm³/mol. The van der Waals surface area contributed by atoms with Crippen LogP contribution in [-0.2, 0) is 65.4 Å². The molecule has 0 heterocycles. The second-order valence-corrected chi connectivity index (χ2v) is 29.7. The van der Waals surface area contributed by atoms with Crippen molar-refractivity contribution in [2.24, 2.45) is 23.7 Å². The molecule has 0 aliphatic heterocycles. The van der Waals surface area contributed by atoms with Gasteiger partial charge in [-0.15, -0.1) is 0 Å². The first-order valence-electron chi connectivity index (χ1n) is 35.7. The van der Waals surface area contributed by atoms with Crippen molar-refractivity contribution in [3.05, 3.63) is 0 Å². The second kappa shape index (κ2) is 58.8. The number of carbonyl (C=O) groups is 4. The lowest BCUT2D eigenvalue weighted by Gasteiger charge is -2.21. The van der Waals surface area contributed by atoms with E-state index in [1.54, 1.807) is 0 Å². The molecule has 0 aliphatic carbocycles. The van der Waals surface area contributed by atoms with E-state index in [-0.39, 0.29) is 25.7 Å². The summed E-state index contributed by atoms with van der Waals surface area (Å²) in [5, 5.41) is 10.6. The van der Waals surface area contributed by atoms with Gasteiger partial charge in [-0.25, -0.2) is 9.13 Å². The SMILES string of the molecule is CC(C)CCCCCCCCCCCCCCC(=O)O[C@H](COC(=O)CCCCCCCCCC(C)C)COP(=O)(O)OC[C@@H](O)COP(=O)(O)OC[C@@H](COC(=O)CCCCCCCCC(C)C)OC(=O)CCCCCCCCCCCCCC(C)C. The maximum Gasteiger partial charge on any atom is 0.472 e. The lowest BCUT2D eigenvalue weighted by molar-refractivity contribution is -0.161. The zero-order valence-corrected chi connectivity index (χ0v) is 59.1. The second-order valence-electron chi connectivity index (χ2n) is 26.8. The van der Waals surface area contributed by atoms with Gasteiger partial charge in [-0.05, 0) is 49.4 Å². The van der Waals surface area contributed by atoms with Gasteiger partial charge in [0.15, 0.2) is 12.2 Å². The molecule has 0 rings (SSSR count). The van der Waals surface area contributed by atoms with Crippen LogP contribution in [0.25, 0.3) is 0 Å². The Morgan fingerprint density at radius 3 is 0.705 bits per heavy atom. The minimum absolute atomic E-state index is 0.105. The van der Waals surface area contributed by atoms with Crippen molar-refractivity contribution in [2.45, 2.75) is 356 Å². The van der Waals surface area contributed by atoms with Crippen LogP contribution in [0.1, 0.15) is 338 Å². The summed E-state index contributed by atoms with van der Waals surface area (Å²) < 4.78 is 68.2. The summed E-state index contributed by atoms with van der Waals surface area (Å²) in [6.45, 7) is 14.0. The van der Waals surface area contributed by atoms with Gasteiger partial charge in [0.2, 0.25) is 0 Å². The topological polar surface area (TPSA) is 237 Å². The highest BCUT2D eigenvalue weighted by Crippen LogP contribution is 2.45. The lowest BCUT2D eigenvalue weighted by Crippen LogP contribution is -2.30. The van der Waals surface area contributed by atoms with E-state index >= 15 is 0 Å². The zero-order valence-electron chi connectivity index (χ0n) is 57.3. The molecule has 5 atom stereocenters. The number of hydrogen-bond acceptors (Lipinski definition) is 15. The normalized spacial score (nSPS) is 14.3. The Labute approximate surface area is 537 Å². The maximum absolute atomic E-state index is 13.0. The average Bonchev–Trinajstić information content (AvgIpc) is 3.62. The Kier molecular flexibility index (Phi) is 57.6. The summed E-state index contributed by atoms with van der Waals surface area (Å²) in [6, 6.07) is 0. The van der Waals surface area contributed by atoms with Crippen molar-refractivity contribution in [3.8, 4) is 0 Å². The minimum atomic E-state index is -4.95. The molecule has 0 aromatic rings. The number of hydrogen-bond donors (Lipinski definition) is 3. The van der Waals surface area contributed by atoms with Gasteiger partial charge in [-0.2, -0.15) is 0 Å². The number of esters is 4. The highest BCUT2D eigenvalue weighted by atomic mass is 31.2. The molecule has 0 bridgehead atoms. The summed E-state index contributed by atoms with van der Waals surface area (Å²) in [4.78, 5) is 72.4. The fraction of sp³-hybridized carbons (Fsp3) is 0.942. The molecule has 0 saturated heterocycles. The van der Waals surface area contributed by atoms with Crippen LogP contribution in [0.4, 0.5) is 0 Å². The highest BCUT2D eigenvalue weighted by Gasteiger charge is 2.30. The van der Waals surface area contributed by atoms with Crippen molar-refractivity contribution in [2.75, 3.05) is 39.6 Å². The van der Waals surface area contributed by atoms with E-state index in [2.05, 4.69) is 55.4 Å². The number of carbonyl (C=O) groups excluding carboxylic acids is 4. The monoisotopic (exact) mass is 1300 g/mol. The molecule has 3 N–H and O–H groups in total. The molecule has 0 radical (unpaired) electrons. The predicted octanol–water partition coefficient (Wildman–Crippen LogP) is 19.3. The van der Waals surface area contributed by atoms with Crippen LogP contribution in [0.15, 0.2) is 0 Å². The molecular formula is C69H134O17P2. The van der Waals surface area contributed by atoms with E-state index in [0.29, 0.717) is 37.5 Å². The van der Waals surface area contributed by atoms with Gasteiger partial charge < -0.3 is 33.8 Å². The number of phosphoric acid groups is 2. The summed E-state index contributed by atoms with van der Waals surface area (Å²) in [7, 11) is -9.90. The van der Waals surface area contributed by atoms with Gasteiger partial charge in [0.25, 0.3) is 0 Å². The molecule has 0 fully saturated rings. The van der Waals surface area contributed by atoms with Crippen molar-refractivity contribution < 1.29 is 80.2 Å². The Balaban J connectivity index is 5.24. The zero-order chi connectivity index (χ0) is 65.4. The number of aliphatic hydroxyl groups is 1. The molecule has 0 saturated carbocycles. The van der Waals surface area contributed by atoms with E-state index in [1.165, 1.54) is 128 Å². The largest absolute Gasteiger partial charge is 0.472 e. The van der Waals surface area contributed by atoms with Crippen LogP contribution in [0, 0.1) is 23.7 Å². The summed E-state index contributed by atoms with van der Waals surface area (Å²) in [5.41, 5.74) is 0. The van der Waals surface area contributed by atoms with Crippen molar-refractivity contribution >= 4 is 39.5 Å². The summed E-state index contributed by atoms with van der Waals surface area (Å²) in [6.07, 6.45) is 40.5. The van der Waals surface area contributed by atoms with Gasteiger partial charge in [-0.3, -0.25) is 37.3 Å². The summed E-state index contributed by atoms with van der Waals surface area (Å²) in [5.74, 6) is 0.793. The number of unbranched alkanes of at least 4 members (excludes halogenated alkanes) is 32. The van der Waals surface area contributed by atoms with Crippen LogP contribution in [0.3, 0.4) is 0 Å². The van der Waals surface area contributed by atoms with E-state index in [1.807, 2.05) is 0 Å². The van der Waals surface area contributed by atoms with Gasteiger partial charge in [0.1, 0.15) is 19.3 Å². The first kappa shape index (κ1) is 86.1. The molecule has 0 amide bonds. The lowest BCUT2D eigenvalue weighted by atomic mass is 10.0. The molecule has 19 heteroatoms. The van der Waals surface area contributed by atoms with Crippen molar-refractivity contribution in [1.29, 1.82) is 0 Å². The number of rotatable bonds is 66. The standard InChI is InChI=1S/C69H134O17P2/c1-59(2)45-37-29-21-16-12-9-10-14-18-24-35-43-51-68(73)85-64(55-79-66(71)49-41-33-26-20-23-31-39-47-61(5)6)57-83-87(75,76)81-53-63(70)54-82-88(77,78)84-58-65(56-80-67(72)50-42-34-28-27-32-40-48-62(7)8)86-69(74)52-44-36-25-19-15-11-13-17-22-30-38-46-60(3)4/h59-65,70H,9-58H2,1-8H3,(H,75,76)(H,77,78)/t63-,64-,65-/m1/s1. The van der Waals surface area contributed by atoms with Crippen LogP contribution in [-0.4, -0.2) is 96.7 Å². The third kappa shape index (κ3) is 62.8. The molecule has 0 aliphatic rings. The minimum Gasteiger partial charge on any atom is -0.462 e. The maximum atomic E-state index is 13.0. The molecular weight excluding hydrogens is 1160 g/mol. The fourth-order valence-electron chi connectivity index (χ4n) is 10.3. The van der Waals surface area contributed by atoms with E-state index in [4.69, 9.17) is 37.0 Å². The molecule has 0 spiro atoms. The first-order chi connectivity index (χ1) is 42.1. The van der Waals surface area contributed by atoms with Gasteiger partial charge in [-0.1, -0.05) is 287 Å². The van der Waals surface area contributed by atoms with Gasteiger partial charge in [0, 0.05) is 25.7 Å². The van der Waals surface area contributed by atoms with Crippen molar-refractivity contribution in [3.63, 3.8) is 0 Å². The third-order valence-corrected chi connectivity index (χ3v) is 17.7. The molecule has 88 heavy (non-hydrogen) atoms. The average molecular weight is 1300 g/mol. The van der Waals surface area contributed by atoms with Crippen LogP contribution >= 0.6 is 15.6 Å². The Bertz CT molecular complexity index is 1750. The van der Waals surface area contributed by atoms with Crippen LogP contribution < -0.4 is 0 Å². The molecule has 2 unspecified atom stereocenters. The van der Waals surface area contributed by atoms with Crippen LogP contribution in [0.2, 0.25) is 0 Å². The molecule has 17 nitrogen and oxygen atoms in total. The smallest absolute Gasteiger partial charge is 0.462 e. The Morgan fingerprint density at radius 2 is 0.477 bits per heavy atom.